The topological polar surface area (TPSA) is 85.9 Å². The maximum absolute atomic E-state index is 12.6. The number of hydrogen-bond donors (Lipinski definition) is 1. The number of aromatic nitrogens is 2. The SMILES string of the molecule is Nc1cc2c(cc1Cl)CCc1cc(Br)cnc1C2=O.O=C1c2ncc(Br)cc2CCc2cc(Cl)cc(Br)c21. The Balaban J connectivity index is 0.000000155. The van der Waals surface area contributed by atoms with Gasteiger partial charge in [0.2, 0.25) is 11.6 Å². The fourth-order valence-electron chi connectivity index (χ4n) is 4.66. The molecule has 0 bridgehead atoms. The lowest BCUT2D eigenvalue weighted by atomic mass is 10.0. The van der Waals surface area contributed by atoms with Crippen LogP contribution in [0, 0.1) is 0 Å². The minimum absolute atomic E-state index is 0.0430. The third-order valence-corrected chi connectivity index (χ3v) is 8.49. The van der Waals surface area contributed by atoms with E-state index in [0.29, 0.717) is 38.2 Å². The molecule has 4 aromatic rings. The van der Waals surface area contributed by atoms with Gasteiger partial charge in [-0.25, -0.2) is 0 Å². The summed E-state index contributed by atoms with van der Waals surface area (Å²) in [6.45, 7) is 0. The van der Waals surface area contributed by atoms with Crippen molar-refractivity contribution in [3.05, 3.63) is 117 Å². The van der Waals surface area contributed by atoms with Gasteiger partial charge in [0.05, 0.1) is 10.7 Å². The van der Waals surface area contributed by atoms with E-state index < -0.39 is 0 Å². The molecule has 0 radical (unpaired) electrons. The molecular formula is C28H18Br3Cl2N3O2. The Morgan fingerprint density at radius 3 is 1.87 bits per heavy atom. The number of benzene rings is 2. The number of ketones is 2. The van der Waals surface area contributed by atoms with E-state index in [0.717, 1.165) is 61.4 Å². The number of nitrogens with two attached hydrogens (primary N) is 1. The highest BCUT2D eigenvalue weighted by Crippen LogP contribution is 2.33. The van der Waals surface area contributed by atoms with Crippen molar-refractivity contribution in [3.8, 4) is 0 Å². The first-order valence-electron chi connectivity index (χ1n) is 11.6. The number of aryl methyl sites for hydroxylation is 4. The first-order valence-corrected chi connectivity index (χ1v) is 14.7. The molecule has 0 aliphatic heterocycles. The van der Waals surface area contributed by atoms with Gasteiger partial charge in [0.15, 0.2) is 0 Å². The monoisotopic (exact) mass is 735 g/mol. The molecular weight excluding hydrogens is 721 g/mol. The van der Waals surface area contributed by atoms with E-state index in [1.165, 1.54) is 0 Å². The molecule has 0 saturated carbocycles. The molecule has 2 aromatic carbocycles. The third kappa shape index (κ3) is 5.47. The van der Waals surface area contributed by atoms with Crippen molar-refractivity contribution in [2.24, 2.45) is 0 Å². The Labute approximate surface area is 254 Å². The molecule has 5 nitrogen and oxygen atoms in total. The van der Waals surface area contributed by atoms with Crippen LogP contribution in [0.3, 0.4) is 0 Å². The van der Waals surface area contributed by atoms with Crippen LogP contribution in [0.4, 0.5) is 5.69 Å². The molecule has 0 amide bonds. The van der Waals surface area contributed by atoms with Crippen LogP contribution in [0.1, 0.15) is 54.4 Å². The number of hydrogen-bond acceptors (Lipinski definition) is 5. The Hall–Kier alpha value is -2.10. The minimum Gasteiger partial charge on any atom is -0.398 e. The number of carbonyl (C=O) groups excluding carboxylic acids is 2. The lowest BCUT2D eigenvalue weighted by Gasteiger charge is -2.08. The Morgan fingerprint density at radius 1 is 0.684 bits per heavy atom. The van der Waals surface area contributed by atoms with Gasteiger partial charge in [-0.15, -0.1) is 0 Å². The molecule has 0 spiro atoms. The number of halogens is 5. The second-order valence-electron chi connectivity index (χ2n) is 8.93. The van der Waals surface area contributed by atoms with Gasteiger partial charge in [-0.2, -0.15) is 0 Å². The van der Waals surface area contributed by atoms with Crippen LogP contribution in [0.2, 0.25) is 10.0 Å². The second kappa shape index (κ2) is 11.2. The van der Waals surface area contributed by atoms with Crippen molar-refractivity contribution in [2.75, 3.05) is 5.73 Å². The fraction of sp³-hybridized carbons (Fsp3) is 0.143. The summed E-state index contributed by atoms with van der Waals surface area (Å²) in [6.07, 6.45) is 6.39. The normalized spacial score (nSPS) is 13.7. The van der Waals surface area contributed by atoms with Crippen LogP contribution in [0.5, 0.6) is 0 Å². The number of nitrogen functional groups attached to an aromatic ring is 1. The summed E-state index contributed by atoms with van der Waals surface area (Å²) in [5, 5.41) is 1.13. The van der Waals surface area contributed by atoms with Crippen molar-refractivity contribution in [2.45, 2.75) is 25.7 Å². The second-order valence-corrected chi connectivity index (χ2v) is 12.5. The standard InChI is InChI=1S/C14H8Br2ClNO.C14H10BrClN2O/c15-9-3-8-2-1-7-4-10(17)5-11(16)12(7)14(19)13(8)18-6-9;15-9-3-8-2-1-7-4-11(16)12(17)5-10(7)14(19)13(8)18-6-9/h3-6H,1-2H2;3-6H,1-2,17H2. The highest BCUT2D eigenvalue weighted by molar-refractivity contribution is 9.11. The van der Waals surface area contributed by atoms with Gasteiger partial charge in [-0.05, 0) is 132 Å². The van der Waals surface area contributed by atoms with E-state index in [9.17, 15) is 9.59 Å². The van der Waals surface area contributed by atoms with Gasteiger partial charge < -0.3 is 5.73 Å². The number of nitrogens with zero attached hydrogens (tertiary/aromatic N) is 2. The number of pyridine rings is 2. The molecule has 192 valence electrons. The van der Waals surface area contributed by atoms with E-state index in [1.807, 2.05) is 18.2 Å². The van der Waals surface area contributed by atoms with Gasteiger partial charge in [0.25, 0.3) is 0 Å². The smallest absolute Gasteiger partial charge is 0.213 e. The Kier molecular flexibility index (Phi) is 8.08. The van der Waals surface area contributed by atoms with Crippen LogP contribution in [0.25, 0.3) is 0 Å². The van der Waals surface area contributed by atoms with E-state index in [-0.39, 0.29) is 11.6 Å². The summed E-state index contributed by atoms with van der Waals surface area (Å²) in [6, 6.07) is 10.9. The molecule has 2 aromatic heterocycles. The van der Waals surface area contributed by atoms with E-state index >= 15 is 0 Å². The number of carbonyl (C=O) groups is 2. The molecule has 2 aliphatic rings. The average molecular weight is 739 g/mol. The summed E-state index contributed by atoms with van der Waals surface area (Å²) >= 11 is 22.3. The lowest BCUT2D eigenvalue weighted by molar-refractivity contribution is 0.102. The highest BCUT2D eigenvalue weighted by Gasteiger charge is 2.26. The quantitative estimate of drug-likeness (QED) is 0.185. The van der Waals surface area contributed by atoms with Crippen molar-refractivity contribution >= 4 is 88.2 Å². The molecule has 6 rings (SSSR count). The van der Waals surface area contributed by atoms with Crippen LogP contribution < -0.4 is 5.73 Å². The zero-order valence-corrected chi connectivity index (χ0v) is 25.9. The van der Waals surface area contributed by atoms with Gasteiger partial charge in [0, 0.05) is 42.0 Å². The summed E-state index contributed by atoms with van der Waals surface area (Å²) in [5.74, 6) is -0.128. The van der Waals surface area contributed by atoms with Crippen LogP contribution in [-0.4, -0.2) is 21.5 Å². The van der Waals surface area contributed by atoms with Crippen molar-refractivity contribution < 1.29 is 9.59 Å². The van der Waals surface area contributed by atoms with Crippen LogP contribution in [-0.2, 0) is 25.7 Å². The van der Waals surface area contributed by atoms with E-state index in [4.69, 9.17) is 28.9 Å². The van der Waals surface area contributed by atoms with Gasteiger partial charge in [0.1, 0.15) is 11.4 Å². The minimum atomic E-state index is -0.0848. The zero-order valence-electron chi connectivity index (χ0n) is 19.6. The molecule has 2 N–H and O–H groups in total. The first-order chi connectivity index (χ1) is 18.1. The van der Waals surface area contributed by atoms with Crippen molar-refractivity contribution in [3.63, 3.8) is 0 Å². The number of rotatable bonds is 0. The van der Waals surface area contributed by atoms with Gasteiger partial charge in [-0.3, -0.25) is 19.6 Å². The third-order valence-electron chi connectivity index (χ3n) is 6.45. The zero-order chi connectivity index (χ0) is 27.1. The summed E-state index contributed by atoms with van der Waals surface area (Å²) < 4.78 is 2.50. The van der Waals surface area contributed by atoms with Crippen molar-refractivity contribution in [1.29, 1.82) is 0 Å². The van der Waals surface area contributed by atoms with E-state index in [2.05, 4.69) is 57.8 Å². The van der Waals surface area contributed by atoms with Crippen molar-refractivity contribution in [1.82, 2.24) is 9.97 Å². The molecule has 0 fully saturated rings. The Bertz CT molecular complexity index is 1640. The first kappa shape index (κ1) is 27.5. The van der Waals surface area contributed by atoms with Gasteiger partial charge >= 0.3 is 0 Å². The van der Waals surface area contributed by atoms with Crippen LogP contribution in [0.15, 0.2) is 62.2 Å². The van der Waals surface area contributed by atoms with Crippen LogP contribution >= 0.6 is 71.0 Å². The maximum Gasteiger partial charge on any atom is 0.213 e. The molecule has 2 aliphatic carbocycles. The number of fused-ring (bicyclic) bond motifs is 4. The largest absolute Gasteiger partial charge is 0.398 e. The molecule has 0 unspecified atom stereocenters. The molecule has 38 heavy (non-hydrogen) atoms. The summed E-state index contributed by atoms with van der Waals surface area (Å²) in [7, 11) is 0. The molecule has 10 heteroatoms. The molecule has 0 atom stereocenters. The molecule has 0 saturated heterocycles. The number of anilines is 1. The Morgan fingerprint density at radius 2 is 1.24 bits per heavy atom. The summed E-state index contributed by atoms with van der Waals surface area (Å²) in [5.41, 5.74) is 12.4. The predicted octanol–water partition coefficient (Wildman–Crippen LogP) is 8.00. The highest BCUT2D eigenvalue weighted by atomic mass is 79.9. The maximum atomic E-state index is 12.6. The predicted molar refractivity (Wildman–Crippen MR) is 161 cm³/mol. The van der Waals surface area contributed by atoms with Gasteiger partial charge in [-0.1, -0.05) is 23.2 Å². The molecule has 2 heterocycles. The lowest BCUT2D eigenvalue weighted by Crippen LogP contribution is -2.07. The van der Waals surface area contributed by atoms with E-state index in [1.54, 1.807) is 30.6 Å². The average Bonchev–Trinajstić information content (AvgIpc) is 3.08. The fourth-order valence-corrected chi connectivity index (χ4v) is 6.66. The summed E-state index contributed by atoms with van der Waals surface area (Å²) in [4.78, 5) is 33.7.